The van der Waals surface area contributed by atoms with Crippen LogP contribution in [0.15, 0.2) is 24.3 Å². The standard InChI is InChI=1S/C21H29N5O2/c1-21(2,3)13-23-20(28)17-16-12-25(4)10-7-11-26(16)19(24-17)15-9-6-5-8-14(15)18(22)27/h5-6,8-9H,7,10-13H2,1-4H3,(H2,22,27)(H,23,28). The number of fused-ring (bicyclic) bond motifs is 1. The average Bonchev–Trinajstić information content (AvgIpc) is 2.85. The lowest BCUT2D eigenvalue weighted by Gasteiger charge is -2.19. The van der Waals surface area contributed by atoms with E-state index in [0.717, 1.165) is 25.2 Å². The Hall–Kier alpha value is -2.67. The average molecular weight is 383 g/mol. The number of hydrogen-bond donors (Lipinski definition) is 2. The van der Waals surface area contributed by atoms with Crippen molar-refractivity contribution in [3.63, 3.8) is 0 Å². The largest absolute Gasteiger partial charge is 0.366 e. The predicted octanol–water partition coefficient (Wildman–Crippen LogP) is 2.26. The van der Waals surface area contributed by atoms with Crippen molar-refractivity contribution >= 4 is 11.8 Å². The zero-order valence-electron chi connectivity index (χ0n) is 17.1. The molecular formula is C21H29N5O2. The molecule has 0 saturated carbocycles. The Kier molecular flexibility index (Phi) is 5.56. The third kappa shape index (κ3) is 4.25. The van der Waals surface area contributed by atoms with Crippen molar-refractivity contribution in [3.8, 4) is 11.4 Å². The SMILES string of the molecule is CN1CCCn2c(-c3ccccc3C(N)=O)nc(C(=O)NCC(C)(C)C)c2C1. The van der Waals surface area contributed by atoms with Crippen molar-refractivity contribution in [1.29, 1.82) is 0 Å². The van der Waals surface area contributed by atoms with E-state index >= 15 is 0 Å². The second-order valence-electron chi connectivity index (χ2n) is 8.63. The van der Waals surface area contributed by atoms with E-state index < -0.39 is 5.91 Å². The molecule has 1 aliphatic heterocycles. The van der Waals surface area contributed by atoms with Crippen molar-refractivity contribution in [1.82, 2.24) is 19.8 Å². The maximum Gasteiger partial charge on any atom is 0.271 e. The minimum Gasteiger partial charge on any atom is -0.366 e. The summed E-state index contributed by atoms with van der Waals surface area (Å²) in [7, 11) is 2.04. The number of rotatable bonds is 4. The van der Waals surface area contributed by atoms with Crippen LogP contribution in [-0.4, -0.2) is 46.4 Å². The van der Waals surface area contributed by atoms with E-state index in [9.17, 15) is 9.59 Å². The Morgan fingerprint density at radius 1 is 1.21 bits per heavy atom. The molecule has 2 amide bonds. The Morgan fingerprint density at radius 3 is 2.61 bits per heavy atom. The van der Waals surface area contributed by atoms with E-state index in [1.165, 1.54) is 0 Å². The first-order valence-corrected chi connectivity index (χ1v) is 9.63. The molecule has 0 fully saturated rings. The summed E-state index contributed by atoms with van der Waals surface area (Å²) in [4.78, 5) is 31.8. The minimum atomic E-state index is -0.502. The van der Waals surface area contributed by atoms with Gasteiger partial charge in [-0.1, -0.05) is 39.0 Å². The summed E-state index contributed by atoms with van der Waals surface area (Å²) in [6.07, 6.45) is 0.939. The number of imidazole rings is 1. The smallest absolute Gasteiger partial charge is 0.271 e. The maximum atomic E-state index is 12.9. The molecule has 3 rings (SSSR count). The summed E-state index contributed by atoms with van der Waals surface area (Å²) in [5.74, 6) is -0.0604. The molecule has 2 aromatic rings. The molecular weight excluding hydrogens is 354 g/mol. The van der Waals surface area contributed by atoms with Crippen LogP contribution in [0.2, 0.25) is 0 Å². The van der Waals surface area contributed by atoms with Gasteiger partial charge in [0, 0.05) is 25.2 Å². The van der Waals surface area contributed by atoms with Crippen LogP contribution < -0.4 is 11.1 Å². The number of nitrogens with one attached hydrogen (secondary N) is 1. The molecule has 7 nitrogen and oxygen atoms in total. The van der Waals surface area contributed by atoms with Crippen LogP contribution in [0.4, 0.5) is 0 Å². The molecule has 0 atom stereocenters. The van der Waals surface area contributed by atoms with Crippen LogP contribution in [0.5, 0.6) is 0 Å². The lowest BCUT2D eigenvalue weighted by atomic mass is 9.97. The zero-order valence-corrected chi connectivity index (χ0v) is 17.1. The summed E-state index contributed by atoms with van der Waals surface area (Å²) in [6.45, 7) is 9.07. The van der Waals surface area contributed by atoms with E-state index in [4.69, 9.17) is 10.7 Å². The van der Waals surface area contributed by atoms with Crippen molar-refractivity contribution < 1.29 is 9.59 Å². The van der Waals surface area contributed by atoms with Crippen molar-refractivity contribution in [3.05, 3.63) is 41.2 Å². The van der Waals surface area contributed by atoms with Crippen molar-refractivity contribution in [2.45, 2.75) is 40.3 Å². The van der Waals surface area contributed by atoms with E-state index in [1.807, 2.05) is 19.2 Å². The van der Waals surface area contributed by atoms with Gasteiger partial charge in [-0.2, -0.15) is 0 Å². The Morgan fingerprint density at radius 2 is 1.93 bits per heavy atom. The molecule has 0 radical (unpaired) electrons. The molecule has 150 valence electrons. The summed E-state index contributed by atoms with van der Waals surface area (Å²) >= 11 is 0. The number of hydrogen-bond acceptors (Lipinski definition) is 4. The quantitative estimate of drug-likeness (QED) is 0.847. The van der Waals surface area contributed by atoms with Gasteiger partial charge in [0.15, 0.2) is 5.69 Å². The number of amides is 2. The number of benzene rings is 1. The fourth-order valence-corrected chi connectivity index (χ4v) is 3.43. The molecule has 28 heavy (non-hydrogen) atoms. The fourth-order valence-electron chi connectivity index (χ4n) is 3.43. The lowest BCUT2D eigenvalue weighted by molar-refractivity contribution is 0.0932. The Balaban J connectivity index is 2.10. The van der Waals surface area contributed by atoms with Crippen LogP contribution in [0.25, 0.3) is 11.4 Å². The number of aromatic nitrogens is 2. The molecule has 7 heteroatoms. The highest BCUT2D eigenvalue weighted by Gasteiger charge is 2.27. The van der Waals surface area contributed by atoms with Crippen LogP contribution >= 0.6 is 0 Å². The second kappa shape index (κ2) is 7.75. The van der Waals surface area contributed by atoms with E-state index in [-0.39, 0.29) is 11.3 Å². The summed E-state index contributed by atoms with van der Waals surface area (Å²) in [5.41, 5.74) is 7.93. The normalized spacial score (nSPS) is 15.0. The first-order valence-electron chi connectivity index (χ1n) is 9.63. The number of carbonyl (C=O) groups excluding carboxylic acids is 2. The summed E-state index contributed by atoms with van der Waals surface area (Å²) < 4.78 is 2.07. The summed E-state index contributed by atoms with van der Waals surface area (Å²) in [5, 5.41) is 3.00. The van der Waals surface area contributed by atoms with Gasteiger partial charge in [-0.15, -0.1) is 0 Å². The van der Waals surface area contributed by atoms with E-state index in [1.54, 1.807) is 12.1 Å². The van der Waals surface area contributed by atoms with Gasteiger partial charge in [0.1, 0.15) is 5.82 Å². The topological polar surface area (TPSA) is 93.2 Å². The van der Waals surface area contributed by atoms with Gasteiger partial charge in [-0.3, -0.25) is 9.59 Å². The van der Waals surface area contributed by atoms with Crippen molar-refractivity contribution in [2.75, 3.05) is 20.1 Å². The minimum absolute atomic E-state index is 0.0233. The molecule has 0 aliphatic carbocycles. The molecule has 1 aliphatic rings. The monoisotopic (exact) mass is 383 g/mol. The second-order valence-corrected chi connectivity index (χ2v) is 8.63. The van der Waals surface area contributed by atoms with Gasteiger partial charge < -0.3 is 20.5 Å². The zero-order chi connectivity index (χ0) is 20.5. The fraction of sp³-hybridized carbons (Fsp3) is 0.476. The Labute approximate surface area is 165 Å². The number of primary amides is 1. The van der Waals surface area contributed by atoms with Gasteiger partial charge in [-0.05, 0) is 31.5 Å². The van der Waals surface area contributed by atoms with Gasteiger partial charge >= 0.3 is 0 Å². The highest BCUT2D eigenvalue weighted by atomic mass is 16.2. The molecule has 3 N–H and O–H groups in total. The van der Waals surface area contributed by atoms with Crippen LogP contribution in [0.1, 0.15) is 53.7 Å². The molecule has 1 aromatic heterocycles. The first-order chi connectivity index (χ1) is 13.2. The van der Waals surface area contributed by atoms with E-state index in [2.05, 4.69) is 35.6 Å². The first kappa shape index (κ1) is 20.1. The van der Waals surface area contributed by atoms with Crippen LogP contribution in [-0.2, 0) is 13.1 Å². The molecule has 0 bridgehead atoms. The highest BCUT2D eigenvalue weighted by molar-refractivity contribution is 6.00. The van der Waals surface area contributed by atoms with E-state index in [0.29, 0.717) is 35.7 Å². The molecule has 2 heterocycles. The lowest BCUT2D eigenvalue weighted by Crippen LogP contribution is -2.33. The number of nitrogens with two attached hydrogens (primary N) is 1. The third-order valence-electron chi connectivity index (χ3n) is 4.84. The third-order valence-corrected chi connectivity index (χ3v) is 4.84. The number of nitrogens with zero attached hydrogens (tertiary/aromatic N) is 3. The highest BCUT2D eigenvalue weighted by Crippen LogP contribution is 2.28. The van der Waals surface area contributed by atoms with Gasteiger partial charge in [0.05, 0.1) is 11.3 Å². The number of carbonyl (C=O) groups is 2. The van der Waals surface area contributed by atoms with Crippen LogP contribution in [0, 0.1) is 5.41 Å². The molecule has 0 spiro atoms. The molecule has 0 unspecified atom stereocenters. The predicted molar refractivity (Wildman–Crippen MR) is 109 cm³/mol. The van der Waals surface area contributed by atoms with Gasteiger partial charge in [0.25, 0.3) is 5.91 Å². The summed E-state index contributed by atoms with van der Waals surface area (Å²) in [6, 6.07) is 7.16. The van der Waals surface area contributed by atoms with Crippen LogP contribution in [0.3, 0.4) is 0 Å². The molecule has 0 saturated heterocycles. The van der Waals surface area contributed by atoms with Crippen molar-refractivity contribution in [2.24, 2.45) is 11.1 Å². The maximum absolute atomic E-state index is 12.9. The molecule has 1 aromatic carbocycles. The van der Waals surface area contributed by atoms with Gasteiger partial charge in [-0.25, -0.2) is 4.98 Å². The van der Waals surface area contributed by atoms with Gasteiger partial charge in [0.2, 0.25) is 5.91 Å². The Bertz CT molecular complexity index is 895.